The number of hydrogen-bond acceptors (Lipinski definition) is 4. The molecule has 2 atom stereocenters. The molecule has 2 rings (SSSR count). The van der Waals surface area contributed by atoms with Crippen molar-refractivity contribution in [3.05, 3.63) is 30.3 Å². The van der Waals surface area contributed by atoms with Crippen LogP contribution in [0.15, 0.2) is 35.2 Å². The molecule has 0 saturated heterocycles. The van der Waals surface area contributed by atoms with Crippen molar-refractivity contribution < 1.29 is 18.5 Å². The van der Waals surface area contributed by atoms with Crippen LogP contribution in [0.3, 0.4) is 0 Å². The van der Waals surface area contributed by atoms with Gasteiger partial charge in [-0.2, -0.15) is 0 Å². The highest BCUT2D eigenvalue weighted by Crippen LogP contribution is 2.29. The molecule has 1 fully saturated rings. The first kappa shape index (κ1) is 15.7. The zero-order chi connectivity index (χ0) is 15.2. The maximum Gasteiger partial charge on any atom is 0.328 e. The van der Waals surface area contributed by atoms with Gasteiger partial charge in [0, 0.05) is 16.6 Å². The molecule has 0 aromatic heterocycles. The second-order valence-electron chi connectivity index (χ2n) is 5.01. The first-order chi connectivity index (χ1) is 10.1. The van der Waals surface area contributed by atoms with Crippen LogP contribution in [-0.2, 0) is 25.1 Å². The molecular formula is C15H19NO4S. The van der Waals surface area contributed by atoms with Crippen LogP contribution in [-0.4, -0.2) is 35.0 Å². The highest BCUT2D eigenvalue weighted by atomic mass is 32.2. The molecule has 0 radical (unpaired) electrons. The van der Waals surface area contributed by atoms with Crippen LogP contribution < -0.4 is 5.32 Å². The number of methoxy groups -OCH3 is 1. The number of hydrogen-bond donors (Lipinski definition) is 1. The van der Waals surface area contributed by atoms with Crippen molar-refractivity contribution >= 4 is 22.7 Å². The van der Waals surface area contributed by atoms with E-state index in [-0.39, 0.29) is 11.8 Å². The maximum absolute atomic E-state index is 12.1. The second kappa shape index (κ2) is 7.36. The molecule has 0 unspecified atom stereocenters. The van der Waals surface area contributed by atoms with Gasteiger partial charge in [-0.25, -0.2) is 4.79 Å². The minimum atomic E-state index is -1.19. The standard InChI is InChI=1S/C15H19NO4S/c1-20-15(18)13(16-14(17)11-7-8-11)9-10-21(19)12-5-3-2-4-6-12/h2-6,11,13H,7-10H2,1H3,(H,16,17)/t13-,21-/m0/s1. The van der Waals surface area contributed by atoms with E-state index in [0.29, 0.717) is 12.2 Å². The van der Waals surface area contributed by atoms with E-state index in [9.17, 15) is 13.8 Å². The molecule has 0 spiro atoms. The molecule has 1 amide bonds. The summed E-state index contributed by atoms with van der Waals surface area (Å²) < 4.78 is 16.8. The van der Waals surface area contributed by atoms with Crippen LogP contribution in [0.5, 0.6) is 0 Å². The molecule has 1 aromatic rings. The Kier molecular flexibility index (Phi) is 5.50. The highest BCUT2D eigenvalue weighted by molar-refractivity contribution is 7.85. The number of nitrogens with one attached hydrogen (secondary N) is 1. The molecule has 21 heavy (non-hydrogen) atoms. The van der Waals surface area contributed by atoms with Gasteiger partial charge in [0.2, 0.25) is 5.91 Å². The summed E-state index contributed by atoms with van der Waals surface area (Å²) in [4.78, 5) is 24.2. The van der Waals surface area contributed by atoms with Crippen molar-refractivity contribution in [2.24, 2.45) is 5.92 Å². The van der Waals surface area contributed by atoms with E-state index < -0.39 is 22.8 Å². The lowest BCUT2D eigenvalue weighted by atomic mass is 10.2. The summed E-state index contributed by atoms with van der Waals surface area (Å²) in [7, 11) is 0.0930. The fraction of sp³-hybridized carbons (Fsp3) is 0.467. The Hall–Kier alpha value is -1.69. The minimum Gasteiger partial charge on any atom is -0.467 e. The minimum absolute atomic E-state index is 0.0248. The predicted molar refractivity (Wildman–Crippen MR) is 79.0 cm³/mol. The van der Waals surface area contributed by atoms with E-state index in [1.54, 1.807) is 12.1 Å². The smallest absolute Gasteiger partial charge is 0.328 e. The summed E-state index contributed by atoms with van der Waals surface area (Å²) >= 11 is 0. The van der Waals surface area contributed by atoms with E-state index in [1.165, 1.54) is 7.11 Å². The van der Waals surface area contributed by atoms with Gasteiger partial charge in [0.25, 0.3) is 0 Å². The van der Waals surface area contributed by atoms with Crippen LogP contribution >= 0.6 is 0 Å². The number of carbonyl (C=O) groups excluding carboxylic acids is 2. The topological polar surface area (TPSA) is 72.5 Å². The van der Waals surface area contributed by atoms with E-state index in [1.807, 2.05) is 18.2 Å². The van der Waals surface area contributed by atoms with Crippen LogP contribution in [0.25, 0.3) is 0 Å². The van der Waals surface area contributed by atoms with Gasteiger partial charge in [-0.15, -0.1) is 0 Å². The van der Waals surface area contributed by atoms with E-state index in [4.69, 9.17) is 4.74 Å². The quantitative estimate of drug-likeness (QED) is 0.770. The average Bonchev–Trinajstić information content (AvgIpc) is 3.35. The second-order valence-corrected chi connectivity index (χ2v) is 6.58. The van der Waals surface area contributed by atoms with Crippen molar-refractivity contribution in [2.75, 3.05) is 12.9 Å². The SMILES string of the molecule is COC(=O)[C@H](CC[S@](=O)c1ccccc1)NC(=O)C1CC1. The Labute approximate surface area is 126 Å². The number of ether oxygens (including phenoxy) is 1. The summed E-state index contributed by atoms with van der Waals surface area (Å²) in [6.07, 6.45) is 2.04. The number of amides is 1. The average molecular weight is 309 g/mol. The van der Waals surface area contributed by atoms with Crippen molar-refractivity contribution in [3.8, 4) is 0 Å². The Morgan fingerprint density at radius 1 is 1.33 bits per heavy atom. The lowest BCUT2D eigenvalue weighted by Crippen LogP contribution is -2.43. The molecule has 1 saturated carbocycles. The van der Waals surface area contributed by atoms with Crippen LogP contribution in [0, 0.1) is 5.92 Å². The molecule has 0 heterocycles. The van der Waals surface area contributed by atoms with Gasteiger partial charge >= 0.3 is 5.97 Å². The normalized spacial score (nSPS) is 16.8. The molecule has 1 aliphatic carbocycles. The van der Waals surface area contributed by atoms with Crippen molar-refractivity contribution in [3.63, 3.8) is 0 Å². The number of esters is 1. The molecule has 114 valence electrons. The lowest BCUT2D eigenvalue weighted by molar-refractivity contribution is -0.145. The highest BCUT2D eigenvalue weighted by Gasteiger charge is 2.33. The van der Waals surface area contributed by atoms with E-state index in [0.717, 1.165) is 17.7 Å². The Morgan fingerprint density at radius 2 is 2.00 bits per heavy atom. The monoisotopic (exact) mass is 309 g/mol. The molecule has 0 aliphatic heterocycles. The molecule has 1 aliphatic rings. The van der Waals surface area contributed by atoms with Crippen molar-refractivity contribution in [1.82, 2.24) is 5.32 Å². The Morgan fingerprint density at radius 3 is 2.57 bits per heavy atom. The number of carbonyl (C=O) groups is 2. The van der Waals surface area contributed by atoms with Crippen LogP contribution in [0.2, 0.25) is 0 Å². The van der Waals surface area contributed by atoms with Crippen LogP contribution in [0.4, 0.5) is 0 Å². The third-order valence-corrected chi connectivity index (χ3v) is 4.75. The molecule has 1 aromatic carbocycles. The Balaban J connectivity index is 1.90. The molecule has 5 nitrogen and oxygen atoms in total. The third-order valence-electron chi connectivity index (χ3n) is 3.35. The van der Waals surface area contributed by atoms with Gasteiger partial charge in [0.1, 0.15) is 6.04 Å². The number of rotatable bonds is 7. The number of benzene rings is 1. The first-order valence-electron chi connectivity index (χ1n) is 6.93. The predicted octanol–water partition coefficient (Wildman–Crippen LogP) is 1.25. The van der Waals surface area contributed by atoms with Gasteiger partial charge in [0.05, 0.1) is 17.9 Å². The summed E-state index contributed by atoms with van der Waals surface area (Å²) in [6.45, 7) is 0. The van der Waals surface area contributed by atoms with Gasteiger partial charge in [-0.3, -0.25) is 9.00 Å². The van der Waals surface area contributed by atoms with E-state index in [2.05, 4.69) is 5.32 Å². The van der Waals surface area contributed by atoms with Gasteiger partial charge in [0.15, 0.2) is 0 Å². The lowest BCUT2D eigenvalue weighted by Gasteiger charge is -2.16. The van der Waals surface area contributed by atoms with Crippen LogP contribution in [0.1, 0.15) is 19.3 Å². The van der Waals surface area contributed by atoms with Gasteiger partial charge in [-0.1, -0.05) is 18.2 Å². The fourth-order valence-electron chi connectivity index (χ4n) is 1.94. The molecular weight excluding hydrogens is 290 g/mol. The summed E-state index contributed by atoms with van der Waals surface area (Å²) in [5.74, 6) is -0.281. The van der Waals surface area contributed by atoms with Gasteiger partial charge in [-0.05, 0) is 31.4 Å². The maximum atomic E-state index is 12.1. The fourth-order valence-corrected chi connectivity index (χ4v) is 3.09. The summed E-state index contributed by atoms with van der Waals surface area (Å²) in [5, 5.41) is 2.69. The molecule has 6 heteroatoms. The third kappa shape index (κ3) is 4.67. The summed E-state index contributed by atoms with van der Waals surface area (Å²) in [6, 6.07) is 8.34. The first-order valence-corrected chi connectivity index (χ1v) is 8.25. The molecule has 1 N–H and O–H groups in total. The largest absolute Gasteiger partial charge is 0.467 e. The van der Waals surface area contributed by atoms with E-state index >= 15 is 0 Å². The molecule has 0 bridgehead atoms. The van der Waals surface area contributed by atoms with Crippen molar-refractivity contribution in [2.45, 2.75) is 30.2 Å². The Bertz CT molecular complexity index is 528. The summed E-state index contributed by atoms with van der Waals surface area (Å²) in [5.41, 5.74) is 0. The zero-order valence-electron chi connectivity index (χ0n) is 11.9. The van der Waals surface area contributed by atoms with Gasteiger partial charge < -0.3 is 10.1 Å². The van der Waals surface area contributed by atoms with Crippen molar-refractivity contribution in [1.29, 1.82) is 0 Å². The zero-order valence-corrected chi connectivity index (χ0v) is 12.7.